The molecule has 6 nitrogen and oxygen atoms in total. The fourth-order valence-electron chi connectivity index (χ4n) is 2.48. The summed E-state index contributed by atoms with van der Waals surface area (Å²) in [6.45, 7) is 2.65. The van der Waals surface area contributed by atoms with Gasteiger partial charge in [-0.2, -0.15) is 9.38 Å². The molecule has 0 saturated carbocycles. The molecule has 112 valence electrons. The van der Waals surface area contributed by atoms with Crippen LogP contribution in [-0.4, -0.2) is 20.9 Å². The minimum atomic E-state index is -0.407. The van der Waals surface area contributed by atoms with Crippen molar-refractivity contribution in [2.45, 2.75) is 13.3 Å². The molecule has 0 aliphatic heterocycles. The van der Waals surface area contributed by atoms with Gasteiger partial charge in [-0.25, -0.2) is 0 Å². The molecule has 3 rings (SSSR count). The van der Waals surface area contributed by atoms with E-state index in [1.54, 1.807) is 18.3 Å². The van der Waals surface area contributed by atoms with Crippen LogP contribution in [0.1, 0.15) is 11.1 Å². The number of hydrogen-bond acceptors (Lipinski definition) is 4. The molecule has 0 spiro atoms. The minimum Gasteiger partial charge on any atom is -0.363 e. The number of nitrogens with one attached hydrogen (secondary N) is 1. The predicted octanol–water partition coefficient (Wildman–Crippen LogP) is 3.21. The average Bonchev–Trinajstić information content (AvgIpc) is 2.87. The lowest BCUT2D eigenvalue weighted by Gasteiger charge is -2.06. The van der Waals surface area contributed by atoms with Crippen LogP contribution in [0.25, 0.3) is 5.65 Å². The number of imidazole rings is 1. The van der Waals surface area contributed by atoms with E-state index in [0.717, 1.165) is 6.42 Å². The highest BCUT2D eigenvalue weighted by Gasteiger charge is 2.21. The van der Waals surface area contributed by atoms with Gasteiger partial charge in [-0.3, -0.25) is 0 Å². The highest BCUT2D eigenvalue weighted by molar-refractivity contribution is 5.62. The molecule has 0 aliphatic rings. The zero-order valence-corrected chi connectivity index (χ0v) is 12.2. The molecular weight excluding hydrogens is 280 g/mol. The molecule has 0 aliphatic carbocycles. The van der Waals surface area contributed by atoms with Crippen LogP contribution in [0.3, 0.4) is 0 Å². The van der Waals surface area contributed by atoms with E-state index in [-0.39, 0.29) is 5.82 Å². The van der Waals surface area contributed by atoms with E-state index in [9.17, 15) is 10.1 Å². The molecule has 0 bridgehead atoms. The molecule has 1 N–H and O–H groups in total. The van der Waals surface area contributed by atoms with Crippen LogP contribution in [0.5, 0.6) is 0 Å². The van der Waals surface area contributed by atoms with Gasteiger partial charge in [-0.15, -0.1) is 0 Å². The Morgan fingerprint density at radius 1 is 1.23 bits per heavy atom. The maximum Gasteiger partial charge on any atom is 0.372 e. The number of pyridine rings is 1. The molecule has 0 atom stereocenters. The Morgan fingerprint density at radius 2 is 2.00 bits per heavy atom. The van der Waals surface area contributed by atoms with Crippen LogP contribution in [0.2, 0.25) is 0 Å². The molecule has 0 fully saturated rings. The zero-order chi connectivity index (χ0) is 15.5. The lowest BCUT2D eigenvalue weighted by Crippen LogP contribution is -2.08. The largest absolute Gasteiger partial charge is 0.372 e. The van der Waals surface area contributed by atoms with Crippen LogP contribution in [0.15, 0.2) is 48.7 Å². The molecule has 6 heteroatoms. The summed E-state index contributed by atoms with van der Waals surface area (Å²) in [6.07, 6.45) is 2.44. The number of aromatic nitrogens is 2. The second-order valence-electron chi connectivity index (χ2n) is 5.07. The second-order valence-corrected chi connectivity index (χ2v) is 5.07. The van der Waals surface area contributed by atoms with E-state index in [2.05, 4.69) is 29.4 Å². The summed E-state index contributed by atoms with van der Waals surface area (Å²) in [5.74, 6) is 0.283. The van der Waals surface area contributed by atoms with Gasteiger partial charge < -0.3 is 15.4 Å². The summed E-state index contributed by atoms with van der Waals surface area (Å²) in [5.41, 5.74) is 3.00. The van der Waals surface area contributed by atoms with Crippen molar-refractivity contribution in [1.82, 2.24) is 9.38 Å². The van der Waals surface area contributed by atoms with Crippen molar-refractivity contribution in [3.63, 3.8) is 0 Å². The molecule has 22 heavy (non-hydrogen) atoms. The second kappa shape index (κ2) is 5.85. The highest BCUT2D eigenvalue weighted by Crippen LogP contribution is 2.25. The molecule has 0 unspecified atom stereocenters. The Hall–Kier alpha value is -2.89. The van der Waals surface area contributed by atoms with Crippen LogP contribution in [-0.2, 0) is 6.42 Å². The van der Waals surface area contributed by atoms with E-state index in [0.29, 0.717) is 18.0 Å². The normalized spacial score (nSPS) is 10.8. The smallest absolute Gasteiger partial charge is 0.363 e. The van der Waals surface area contributed by atoms with Crippen molar-refractivity contribution in [2.24, 2.45) is 0 Å². The van der Waals surface area contributed by atoms with Gasteiger partial charge in [-0.05, 0) is 35.5 Å². The Morgan fingerprint density at radius 3 is 2.77 bits per heavy atom. The van der Waals surface area contributed by atoms with Crippen molar-refractivity contribution in [3.8, 4) is 0 Å². The number of anilines is 1. The number of benzene rings is 1. The number of nitrogens with zero attached hydrogens (tertiary/aromatic N) is 3. The number of fused-ring (bicyclic) bond motifs is 1. The zero-order valence-electron chi connectivity index (χ0n) is 12.2. The quantitative estimate of drug-likeness (QED) is 0.579. The Balaban J connectivity index is 1.81. The van der Waals surface area contributed by atoms with Crippen molar-refractivity contribution in [3.05, 3.63) is 69.9 Å². The number of hydrogen-bond donors (Lipinski definition) is 1. The van der Waals surface area contributed by atoms with E-state index < -0.39 is 4.92 Å². The predicted molar refractivity (Wildman–Crippen MR) is 85.2 cm³/mol. The third kappa shape index (κ3) is 2.63. The van der Waals surface area contributed by atoms with Crippen LogP contribution < -0.4 is 5.32 Å². The molecule has 2 aromatic heterocycles. The van der Waals surface area contributed by atoms with Crippen LogP contribution in [0.4, 0.5) is 11.6 Å². The van der Waals surface area contributed by atoms with Gasteiger partial charge in [0.1, 0.15) is 0 Å². The standard InChI is InChI=1S/C16H16N4O2/c1-12-6-2-3-7-13(12)9-10-17-15-16(20(21)22)19-11-5-4-8-14(19)18-15/h2-8,11,17H,9-10H2,1H3. The molecule has 0 saturated heterocycles. The summed E-state index contributed by atoms with van der Waals surface area (Å²) in [6, 6.07) is 13.4. The maximum atomic E-state index is 11.3. The topological polar surface area (TPSA) is 72.5 Å². The molecular formula is C16H16N4O2. The molecule has 3 aromatic rings. The van der Waals surface area contributed by atoms with Crippen molar-refractivity contribution < 1.29 is 4.92 Å². The molecule has 1 aromatic carbocycles. The fraction of sp³-hybridized carbons (Fsp3) is 0.188. The lowest BCUT2D eigenvalue weighted by molar-refractivity contribution is -0.389. The Bertz CT molecular complexity index is 826. The van der Waals surface area contributed by atoms with E-state index in [4.69, 9.17) is 0 Å². The Kier molecular flexibility index (Phi) is 3.74. The first-order valence-corrected chi connectivity index (χ1v) is 7.06. The van der Waals surface area contributed by atoms with Gasteiger partial charge in [0.2, 0.25) is 11.5 Å². The first-order valence-electron chi connectivity index (χ1n) is 7.06. The molecule has 2 heterocycles. The Labute approximate surface area is 127 Å². The highest BCUT2D eigenvalue weighted by atomic mass is 16.6. The van der Waals surface area contributed by atoms with Crippen molar-refractivity contribution in [2.75, 3.05) is 11.9 Å². The van der Waals surface area contributed by atoms with Gasteiger partial charge in [0.05, 0.1) is 6.20 Å². The van der Waals surface area contributed by atoms with Crippen LogP contribution >= 0.6 is 0 Å². The summed E-state index contributed by atoms with van der Waals surface area (Å²) in [4.78, 5) is 15.2. The summed E-state index contributed by atoms with van der Waals surface area (Å²) < 4.78 is 1.48. The number of aryl methyl sites for hydroxylation is 1. The first-order chi connectivity index (χ1) is 10.7. The van der Waals surface area contributed by atoms with Gasteiger partial charge in [0.25, 0.3) is 0 Å². The monoisotopic (exact) mass is 296 g/mol. The fourth-order valence-corrected chi connectivity index (χ4v) is 2.48. The molecule has 0 amide bonds. The van der Waals surface area contributed by atoms with Crippen LogP contribution in [0, 0.1) is 17.0 Å². The summed E-state index contributed by atoms with van der Waals surface area (Å²) in [7, 11) is 0. The van der Waals surface area contributed by atoms with Crippen molar-refractivity contribution in [1.29, 1.82) is 0 Å². The number of nitro groups is 1. The molecule has 0 radical (unpaired) electrons. The van der Waals surface area contributed by atoms with E-state index in [1.807, 2.05) is 18.2 Å². The number of rotatable bonds is 5. The third-order valence-electron chi connectivity index (χ3n) is 3.63. The first kappa shape index (κ1) is 14.1. The van der Waals surface area contributed by atoms with Gasteiger partial charge in [0.15, 0.2) is 0 Å². The summed E-state index contributed by atoms with van der Waals surface area (Å²) >= 11 is 0. The van der Waals surface area contributed by atoms with E-state index >= 15 is 0 Å². The minimum absolute atomic E-state index is 0.0274. The van der Waals surface area contributed by atoms with Gasteiger partial charge >= 0.3 is 5.82 Å². The van der Waals surface area contributed by atoms with Gasteiger partial charge in [-0.1, -0.05) is 30.3 Å². The lowest BCUT2D eigenvalue weighted by atomic mass is 10.1. The third-order valence-corrected chi connectivity index (χ3v) is 3.63. The maximum absolute atomic E-state index is 11.3. The SMILES string of the molecule is Cc1ccccc1CCNc1nc2ccccn2c1[N+](=O)[O-]. The summed E-state index contributed by atoms with van der Waals surface area (Å²) in [5, 5.41) is 14.4. The average molecular weight is 296 g/mol. The van der Waals surface area contributed by atoms with Gasteiger partial charge in [0, 0.05) is 12.6 Å². The van der Waals surface area contributed by atoms with E-state index in [1.165, 1.54) is 15.5 Å². The van der Waals surface area contributed by atoms with Crippen molar-refractivity contribution >= 4 is 17.3 Å².